The van der Waals surface area contributed by atoms with Crippen molar-refractivity contribution in [3.63, 3.8) is 0 Å². The number of nitrogens with zero attached hydrogens (tertiary/aromatic N) is 1. The van der Waals surface area contributed by atoms with Crippen molar-refractivity contribution in [1.82, 2.24) is 4.90 Å². The van der Waals surface area contributed by atoms with E-state index < -0.39 is 32.4 Å². The Morgan fingerprint density at radius 2 is 2.05 bits per heavy atom. The largest absolute Gasteiger partial charge is 0.481 e. The molecular weight excluding hydrogens is 310 g/mol. The standard InChI is InChI=1S/C14H21NO6S/c16-12(11-3-1-2-6-22(11,19)20)15-7-10-8-21-5-4-14(10,9-15)13(17)18/h10-11H,1-9H2,(H,17,18)/t10-,11?,14+/m0/s1. The predicted octanol–water partition coefficient (Wildman–Crippen LogP) is -0.0966. The summed E-state index contributed by atoms with van der Waals surface area (Å²) in [5, 5.41) is 8.61. The third-order valence-electron chi connectivity index (χ3n) is 5.30. The Labute approximate surface area is 129 Å². The van der Waals surface area contributed by atoms with Gasteiger partial charge < -0.3 is 14.7 Å². The van der Waals surface area contributed by atoms with E-state index in [1.165, 1.54) is 4.90 Å². The van der Waals surface area contributed by atoms with Crippen LogP contribution in [0.15, 0.2) is 0 Å². The van der Waals surface area contributed by atoms with Crippen molar-refractivity contribution >= 4 is 21.7 Å². The molecule has 3 heterocycles. The van der Waals surface area contributed by atoms with Crippen LogP contribution in [0.25, 0.3) is 0 Å². The van der Waals surface area contributed by atoms with Crippen molar-refractivity contribution in [2.75, 3.05) is 32.1 Å². The lowest BCUT2D eigenvalue weighted by atomic mass is 9.74. The average Bonchev–Trinajstić information content (AvgIpc) is 2.87. The Bertz CT molecular complexity index is 588. The lowest BCUT2D eigenvalue weighted by Gasteiger charge is -2.34. The molecule has 0 aliphatic carbocycles. The summed E-state index contributed by atoms with van der Waals surface area (Å²) in [6.07, 6.45) is 2.04. The lowest BCUT2D eigenvalue weighted by Crippen LogP contribution is -2.47. The molecule has 3 atom stereocenters. The molecule has 1 unspecified atom stereocenters. The number of amides is 1. The van der Waals surface area contributed by atoms with Crippen molar-refractivity contribution in [3.8, 4) is 0 Å². The van der Waals surface area contributed by atoms with Crippen LogP contribution >= 0.6 is 0 Å². The van der Waals surface area contributed by atoms with Crippen LogP contribution in [-0.4, -0.2) is 67.6 Å². The van der Waals surface area contributed by atoms with Gasteiger partial charge in [-0.1, -0.05) is 6.42 Å². The van der Waals surface area contributed by atoms with E-state index in [0.29, 0.717) is 32.5 Å². The molecule has 0 radical (unpaired) electrons. The van der Waals surface area contributed by atoms with Gasteiger partial charge in [-0.3, -0.25) is 9.59 Å². The number of ether oxygens (including phenoxy) is 1. The maximum atomic E-state index is 12.6. The highest BCUT2D eigenvalue weighted by Gasteiger charge is 2.56. The normalized spacial score (nSPS) is 37.5. The minimum atomic E-state index is -3.40. The van der Waals surface area contributed by atoms with Crippen LogP contribution in [0.2, 0.25) is 0 Å². The molecule has 3 fully saturated rings. The van der Waals surface area contributed by atoms with Gasteiger partial charge >= 0.3 is 5.97 Å². The van der Waals surface area contributed by atoms with E-state index >= 15 is 0 Å². The number of carbonyl (C=O) groups excluding carboxylic acids is 1. The van der Waals surface area contributed by atoms with Gasteiger partial charge in [-0.05, 0) is 19.3 Å². The molecule has 124 valence electrons. The first-order valence-corrected chi connectivity index (χ1v) is 9.40. The maximum Gasteiger partial charge on any atom is 0.311 e. The Hall–Kier alpha value is -1.15. The molecule has 3 rings (SSSR count). The number of carbonyl (C=O) groups is 2. The number of carboxylic acid groups (broad SMARTS) is 1. The van der Waals surface area contributed by atoms with Gasteiger partial charge in [0, 0.05) is 25.6 Å². The lowest BCUT2D eigenvalue weighted by molar-refractivity contribution is -0.157. The highest BCUT2D eigenvalue weighted by atomic mass is 32.2. The molecule has 0 aromatic rings. The number of likely N-dealkylation sites (tertiary alicyclic amines) is 1. The predicted molar refractivity (Wildman–Crippen MR) is 77.0 cm³/mol. The Kier molecular flexibility index (Phi) is 3.92. The van der Waals surface area contributed by atoms with Gasteiger partial charge in [-0.25, -0.2) is 8.42 Å². The Balaban J connectivity index is 1.82. The van der Waals surface area contributed by atoms with Crippen LogP contribution in [0.1, 0.15) is 25.7 Å². The number of sulfone groups is 1. The zero-order valence-corrected chi connectivity index (χ0v) is 13.2. The van der Waals surface area contributed by atoms with Crippen molar-refractivity contribution in [3.05, 3.63) is 0 Å². The van der Waals surface area contributed by atoms with E-state index in [2.05, 4.69) is 0 Å². The van der Waals surface area contributed by atoms with Crippen molar-refractivity contribution in [2.45, 2.75) is 30.9 Å². The fraction of sp³-hybridized carbons (Fsp3) is 0.857. The van der Waals surface area contributed by atoms with Gasteiger partial charge in [-0.2, -0.15) is 0 Å². The van der Waals surface area contributed by atoms with Gasteiger partial charge in [-0.15, -0.1) is 0 Å². The first-order valence-electron chi connectivity index (χ1n) is 7.68. The molecule has 3 aliphatic rings. The van der Waals surface area contributed by atoms with E-state index in [0.717, 1.165) is 6.42 Å². The summed E-state index contributed by atoms with van der Waals surface area (Å²) in [6, 6.07) is 0. The Morgan fingerprint density at radius 3 is 2.68 bits per heavy atom. The van der Waals surface area contributed by atoms with Crippen LogP contribution in [0.5, 0.6) is 0 Å². The molecule has 1 N–H and O–H groups in total. The van der Waals surface area contributed by atoms with Crippen LogP contribution < -0.4 is 0 Å². The van der Waals surface area contributed by atoms with Crippen LogP contribution in [0.3, 0.4) is 0 Å². The second kappa shape index (κ2) is 5.49. The topological polar surface area (TPSA) is 101 Å². The zero-order chi connectivity index (χ0) is 16.0. The summed E-state index contributed by atoms with van der Waals surface area (Å²) < 4.78 is 29.6. The minimum absolute atomic E-state index is 0.0495. The fourth-order valence-corrected chi connectivity index (χ4v) is 5.78. The van der Waals surface area contributed by atoms with Crippen LogP contribution in [-0.2, 0) is 24.2 Å². The van der Waals surface area contributed by atoms with E-state index in [1.54, 1.807) is 0 Å². The van der Waals surface area contributed by atoms with Crippen LogP contribution in [0, 0.1) is 11.3 Å². The first kappa shape index (κ1) is 15.7. The molecule has 0 aromatic heterocycles. The number of fused-ring (bicyclic) bond motifs is 1. The SMILES string of the molecule is O=C(C1CCCCS1(=O)=O)N1C[C@H]2COCC[C@@]2(C(=O)O)C1. The highest BCUT2D eigenvalue weighted by molar-refractivity contribution is 7.92. The molecule has 0 aromatic carbocycles. The van der Waals surface area contributed by atoms with Gasteiger partial charge in [0.1, 0.15) is 5.25 Å². The van der Waals surface area contributed by atoms with Crippen molar-refractivity contribution in [1.29, 1.82) is 0 Å². The third kappa shape index (κ3) is 2.42. The molecule has 1 amide bonds. The molecule has 7 nitrogen and oxygen atoms in total. The van der Waals surface area contributed by atoms with E-state index in [-0.39, 0.29) is 24.8 Å². The molecule has 3 aliphatic heterocycles. The first-order chi connectivity index (χ1) is 10.4. The highest BCUT2D eigenvalue weighted by Crippen LogP contribution is 2.43. The van der Waals surface area contributed by atoms with E-state index in [9.17, 15) is 23.1 Å². The molecule has 3 saturated heterocycles. The minimum Gasteiger partial charge on any atom is -0.481 e. The van der Waals surface area contributed by atoms with E-state index in [1.807, 2.05) is 0 Å². The second-order valence-corrected chi connectivity index (χ2v) is 8.86. The molecule has 8 heteroatoms. The molecule has 0 bridgehead atoms. The summed E-state index contributed by atoms with van der Waals surface area (Å²) >= 11 is 0. The van der Waals surface area contributed by atoms with Gasteiger partial charge in [0.15, 0.2) is 9.84 Å². The van der Waals surface area contributed by atoms with Gasteiger partial charge in [0.2, 0.25) is 5.91 Å². The number of hydrogen-bond donors (Lipinski definition) is 1. The monoisotopic (exact) mass is 331 g/mol. The molecule has 0 saturated carbocycles. The second-order valence-electron chi connectivity index (χ2n) is 6.55. The van der Waals surface area contributed by atoms with Crippen LogP contribution in [0.4, 0.5) is 0 Å². The van der Waals surface area contributed by atoms with Crippen molar-refractivity contribution in [2.24, 2.45) is 11.3 Å². The fourth-order valence-electron chi connectivity index (χ4n) is 3.90. The summed E-state index contributed by atoms with van der Waals surface area (Å²) in [5.74, 6) is -1.54. The Morgan fingerprint density at radius 1 is 1.27 bits per heavy atom. The maximum absolute atomic E-state index is 12.6. The number of aliphatic carboxylic acids is 1. The molecular formula is C14H21NO6S. The molecule has 0 spiro atoms. The third-order valence-corrected chi connectivity index (χ3v) is 7.46. The summed E-state index contributed by atoms with van der Waals surface area (Å²) in [6.45, 7) is 1.05. The summed E-state index contributed by atoms with van der Waals surface area (Å²) in [5.41, 5.74) is -0.980. The quantitative estimate of drug-likeness (QED) is 0.758. The van der Waals surface area contributed by atoms with Crippen molar-refractivity contribution < 1.29 is 27.9 Å². The smallest absolute Gasteiger partial charge is 0.311 e. The number of carboxylic acids is 1. The van der Waals surface area contributed by atoms with Gasteiger partial charge in [0.25, 0.3) is 0 Å². The van der Waals surface area contributed by atoms with E-state index in [4.69, 9.17) is 4.74 Å². The number of hydrogen-bond acceptors (Lipinski definition) is 5. The number of rotatable bonds is 2. The zero-order valence-electron chi connectivity index (χ0n) is 12.4. The average molecular weight is 331 g/mol. The molecule has 22 heavy (non-hydrogen) atoms. The summed E-state index contributed by atoms with van der Waals surface area (Å²) in [7, 11) is -3.40. The van der Waals surface area contributed by atoms with Gasteiger partial charge in [0.05, 0.1) is 17.8 Å². The summed E-state index contributed by atoms with van der Waals surface area (Å²) in [4.78, 5) is 25.8.